The minimum atomic E-state index is -3.80. The molecule has 2 amide bonds. The van der Waals surface area contributed by atoms with Gasteiger partial charge in [-0.3, -0.25) is 4.79 Å². The zero-order chi connectivity index (χ0) is 22.2. The quantitative estimate of drug-likeness (QED) is 0.657. The van der Waals surface area contributed by atoms with Gasteiger partial charge in [0.05, 0.1) is 4.90 Å². The zero-order valence-corrected chi connectivity index (χ0v) is 18.0. The van der Waals surface area contributed by atoms with Crippen molar-refractivity contribution in [1.82, 2.24) is 9.62 Å². The van der Waals surface area contributed by atoms with Crippen LogP contribution >= 0.6 is 0 Å². The molecule has 2 aromatic rings. The van der Waals surface area contributed by atoms with Crippen LogP contribution in [0.15, 0.2) is 41.3 Å². The van der Waals surface area contributed by atoms with Crippen LogP contribution in [-0.2, 0) is 22.9 Å². The first kappa shape index (κ1) is 21.3. The number of nitrogens with zero attached hydrogens (tertiary/aromatic N) is 1. The minimum Gasteiger partial charge on any atom is -0.465 e. The molecule has 1 saturated heterocycles. The second-order valence-electron chi connectivity index (χ2n) is 8.03. The van der Waals surface area contributed by atoms with Crippen LogP contribution in [0.5, 0.6) is 0 Å². The van der Waals surface area contributed by atoms with E-state index >= 15 is 0 Å². The first-order valence-electron chi connectivity index (χ1n) is 10.3. The number of hydrogen-bond donors (Lipinski definition) is 3. The molecule has 31 heavy (non-hydrogen) atoms. The number of amides is 2. The molecule has 1 heterocycles. The molecule has 2 aromatic carbocycles. The Bertz CT molecular complexity index is 1150. The van der Waals surface area contributed by atoms with Gasteiger partial charge in [0.2, 0.25) is 10.0 Å². The Balaban J connectivity index is 1.57. The molecule has 0 bridgehead atoms. The van der Waals surface area contributed by atoms with E-state index in [1.807, 2.05) is 25.1 Å². The molecule has 3 N–H and O–H groups in total. The van der Waals surface area contributed by atoms with Crippen molar-refractivity contribution in [3.63, 3.8) is 0 Å². The average Bonchev–Trinajstić information content (AvgIpc) is 3.38. The van der Waals surface area contributed by atoms with Crippen molar-refractivity contribution in [2.75, 3.05) is 18.4 Å². The number of carboxylic acid groups (broad SMARTS) is 1. The van der Waals surface area contributed by atoms with E-state index in [0.717, 1.165) is 23.1 Å². The van der Waals surface area contributed by atoms with Crippen molar-refractivity contribution in [1.29, 1.82) is 0 Å². The van der Waals surface area contributed by atoms with Gasteiger partial charge >= 0.3 is 6.09 Å². The van der Waals surface area contributed by atoms with Crippen LogP contribution in [0.3, 0.4) is 0 Å². The van der Waals surface area contributed by atoms with Gasteiger partial charge in [0, 0.05) is 30.4 Å². The Morgan fingerprint density at radius 1 is 1.10 bits per heavy atom. The Morgan fingerprint density at radius 3 is 2.55 bits per heavy atom. The molecule has 1 aliphatic heterocycles. The summed E-state index contributed by atoms with van der Waals surface area (Å²) in [6.07, 6.45) is 1.52. The molecule has 0 radical (unpaired) electrons. The largest absolute Gasteiger partial charge is 0.465 e. The fraction of sp³-hybridized carbons (Fsp3) is 0.364. The summed E-state index contributed by atoms with van der Waals surface area (Å²) in [5.41, 5.74) is 3.66. The fourth-order valence-electron chi connectivity index (χ4n) is 4.37. The smallest absolute Gasteiger partial charge is 0.407 e. The summed E-state index contributed by atoms with van der Waals surface area (Å²) >= 11 is 0. The van der Waals surface area contributed by atoms with Crippen molar-refractivity contribution in [3.8, 4) is 0 Å². The number of carbonyl (C=O) groups is 2. The number of aryl methyl sites for hydroxylation is 1. The fourth-order valence-corrected chi connectivity index (χ4v) is 5.93. The molecular weight excluding hydrogens is 418 g/mol. The third kappa shape index (κ3) is 4.28. The zero-order valence-electron chi connectivity index (χ0n) is 17.2. The maximum atomic E-state index is 13.1. The number of likely N-dealkylation sites (tertiary alicyclic amines) is 1. The van der Waals surface area contributed by atoms with E-state index in [4.69, 9.17) is 5.11 Å². The summed E-state index contributed by atoms with van der Waals surface area (Å²) in [7, 11) is -3.80. The van der Waals surface area contributed by atoms with Crippen molar-refractivity contribution in [2.24, 2.45) is 0 Å². The first-order valence-corrected chi connectivity index (χ1v) is 11.8. The summed E-state index contributed by atoms with van der Waals surface area (Å²) in [6, 6.07) is 10.0. The summed E-state index contributed by atoms with van der Waals surface area (Å²) < 4.78 is 28.8. The van der Waals surface area contributed by atoms with Gasteiger partial charge in [-0.25, -0.2) is 17.9 Å². The van der Waals surface area contributed by atoms with Gasteiger partial charge in [0.1, 0.15) is 0 Å². The maximum Gasteiger partial charge on any atom is 0.407 e. The number of rotatable bonds is 5. The van der Waals surface area contributed by atoms with Crippen LogP contribution in [0, 0.1) is 6.92 Å². The highest BCUT2D eigenvalue weighted by molar-refractivity contribution is 7.89. The second-order valence-corrected chi connectivity index (χ2v) is 9.71. The molecule has 1 unspecified atom stereocenters. The number of sulfonamides is 1. The standard InChI is InChI=1S/C22H25N3O5S/c1-14-5-2-3-6-16(14)21(26)23-19-9-10-20(18-8-4-7-17(18)19)31(29,30)24-15-11-12-25(13-15)22(27)28/h2-3,5-6,9-10,15,24H,4,7-8,11-13H2,1H3,(H,23,26)(H,27,28). The summed E-state index contributed by atoms with van der Waals surface area (Å²) in [5, 5.41) is 12.0. The van der Waals surface area contributed by atoms with Crippen molar-refractivity contribution in [2.45, 2.75) is 43.5 Å². The highest BCUT2D eigenvalue weighted by atomic mass is 32.2. The van der Waals surface area contributed by atoms with E-state index in [1.165, 1.54) is 11.0 Å². The second kappa shape index (κ2) is 8.32. The monoisotopic (exact) mass is 443 g/mol. The van der Waals surface area contributed by atoms with E-state index in [-0.39, 0.29) is 17.3 Å². The number of nitrogens with one attached hydrogen (secondary N) is 2. The molecule has 0 spiro atoms. The first-order chi connectivity index (χ1) is 14.8. The molecule has 1 aliphatic carbocycles. The Kier molecular flexibility index (Phi) is 5.72. The van der Waals surface area contributed by atoms with Crippen LogP contribution in [0.4, 0.5) is 10.5 Å². The number of hydrogen-bond acceptors (Lipinski definition) is 4. The Hall–Kier alpha value is -2.91. The summed E-state index contributed by atoms with van der Waals surface area (Å²) in [6.45, 7) is 2.32. The van der Waals surface area contributed by atoms with Gasteiger partial charge in [-0.2, -0.15) is 0 Å². The Morgan fingerprint density at radius 2 is 1.84 bits per heavy atom. The molecule has 8 nitrogen and oxygen atoms in total. The predicted molar refractivity (Wildman–Crippen MR) is 116 cm³/mol. The lowest BCUT2D eigenvalue weighted by Crippen LogP contribution is -2.38. The van der Waals surface area contributed by atoms with Gasteiger partial charge in [-0.05, 0) is 67.5 Å². The highest BCUT2D eigenvalue weighted by Gasteiger charge is 2.32. The van der Waals surface area contributed by atoms with Crippen molar-refractivity contribution < 1.29 is 23.1 Å². The van der Waals surface area contributed by atoms with Gasteiger partial charge in [-0.15, -0.1) is 0 Å². The third-order valence-corrected chi connectivity index (χ3v) is 7.55. The lowest BCUT2D eigenvalue weighted by atomic mass is 10.1. The van der Waals surface area contributed by atoms with Crippen LogP contribution in [0.1, 0.15) is 39.9 Å². The highest BCUT2D eigenvalue weighted by Crippen LogP contribution is 2.34. The van der Waals surface area contributed by atoms with E-state index in [9.17, 15) is 18.0 Å². The van der Waals surface area contributed by atoms with Gasteiger partial charge in [-0.1, -0.05) is 18.2 Å². The van der Waals surface area contributed by atoms with Crippen molar-refractivity contribution >= 4 is 27.7 Å². The molecule has 2 aliphatic rings. The van der Waals surface area contributed by atoms with Crippen LogP contribution < -0.4 is 10.0 Å². The lowest BCUT2D eigenvalue weighted by molar-refractivity contribution is 0.102. The normalized spacial score (nSPS) is 18.1. The summed E-state index contributed by atoms with van der Waals surface area (Å²) in [4.78, 5) is 25.3. The van der Waals surface area contributed by atoms with Gasteiger partial charge < -0.3 is 15.3 Å². The van der Waals surface area contributed by atoms with E-state index < -0.39 is 22.2 Å². The minimum absolute atomic E-state index is 0.140. The van der Waals surface area contributed by atoms with Gasteiger partial charge in [0.15, 0.2) is 0 Å². The summed E-state index contributed by atoms with van der Waals surface area (Å²) in [5.74, 6) is -0.222. The van der Waals surface area contributed by atoms with Crippen LogP contribution in [-0.4, -0.2) is 49.6 Å². The van der Waals surface area contributed by atoms with Crippen molar-refractivity contribution in [3.05, 3.63) is 58.7 Å². The molecule has 1 fully saturated rings. The molecule has 4 rings (SSSR count). The number of fused-ring (bicyclic) bond motifs is 1. The van der Waals surface area contributed by atoms with Crippen LogP contribution in [0.2, 0.25) is 0 Å². The van der Waals surface area contributed by atoms with E-state index in [1.54, 1.807) is 12.1 Å². The molecule has 9 heteroatoms. The van der Waals surface area contributed by atoms with E-state index in [2.05, 4.69) is 10.0 Å². The Labute approximate surface area is 181 Å². The van der Waals surface area contributed by atoms with Crippen LogP contribution in [0.25, 0.3) is 0 Å². The molecular formula is C22H25N3O5S. The number of benzene rings is 2. The number of anilines is 1. The SMILES string of the molecule is Cc1ccccc1C(=O)Nc1ccc(S(=O)(=O)NC2CCN(C(=O)O)C2)c2c1CCC2. The maximum absolute atomic E-state index is 13.1. The molecule has 0 saturated carbocycles. The molecule has 1 atom stereocenters. The molecule has 164 valence electrons. The molecule has 0 aromatic heterocycles. The topological polar surface area (TPSA) is 116 Å². The lowest BCUT2D eigenvalue weighted by Gasteiger charge is -2.18. The average molecular weight is 444 g/mol. The van der Waals surface area contributed by atoms with Gasteiger partial charge in [0.25, 0.3) is 5.91 Å². The predicted octanol–water partition coefficient (Wildman–Crippen LogP) is 2.77. The number of carbonyl (C=O) groups excluding carboxylic acids is 1. The third-order valence-electron chi connectivity index (χ3n) is 5.95. The van der Waals surface area contributed by atoms with E-state index in [0.29, 0.717) is 37.1 Å².